The Morgan fingerprint density at radius 2 is 2.00 bits per heavy atom. The second-order valence-corrected chi connectivity index (χ2v) is 7.12. The van der Waals surface area contributed by atoms with Gasteiger partial charge in [0.2, 0.25) is 0 Å². The molecule has 0 bridgehead atoms. The van der Waals surface area contributed by atoms with E-state index >= 15 is 0 Å². The van der Waals surface area contributed by atoms with Gasteiger partial charge in [-0.05, 0) is 44.2 Å². The molecule has 2 heterocycles. The first-order chi connectivity index (χ1) is 11.5. The van der Waals surface area contributed by atoms with Gasteiger partial charge >= 0.3 is 0 Å². The van der Waals surface area contributed by atoms with Gasteiger partial charge in [-0.1, -0.05) is 17.7 Å². The van der Waals surface area contributed by atoms with Gasteiger partial charge in [-0.2, -0.15) is 0 Å². The van der Waals surface area contributed by atoms with Gasteiger partial charge in [0.15, 0.2) is 0 Å². The Morgan fingerprint density at radius 1 is 1.17 bits per heavy atom. The van der Waals surface area contributed by atoms with Crippen LogP contribution in [0, 0.1) is 13.8 Å². The van der Waals surface area contributed by atoms with Crippen LogP contribution < -0.4 is 5.73 Å². The van der Waals surface area contributed by atoms with Gasteiger partial charge in [-0.15, -0.1) is 11.3 Å². The standard InChI is InChI=1S/C18H15ClN4S/c1-10-11(2)23(9-21-10)15-5-3-4-13(20)17(15)18-22-14-7-6-12(19)8-16(14)24-18/h3-9H,20H2,1-2H3. The molecule has 0 unspecified atom stereocenters. The number of nitrogen functional groups attached to an aromatic ring is 1. The second kappa shape index (κ2) is 5.61. The maximum atomic E-state index is 6.31. The number of thiazole rings is 1. The van der Waals surface area contributed by atoms with Gasteiger partial charge in [-0.3, -0.25) is 0 Å². The number of nitrogens with two attached hydrogens (primary N) is 1. The number of benzene rings is 2. The molecule has 2 aromatic carbocycles. The number of aromatic nitrogens is 3. The number of halogens is 1. The van der Waals surface area contributed by atoms with Crippen molar-refractivity contribution in [3.63, 3.8) is 0 Å². The van der Waals surface area contributed by atoms with Crippen molar-refractivity contribution >= 4 is 38.8 Å². The third-order valence-corrected chi connectivity index (χ3v) is 5.42. The third kappa shape index (κ3) is 2.37. The lowest BCUT2D eigenvalue weighted by Gasteiger charge is -2.12. The summed E-state index contributed by atoms with van der Waals surface area (Å²) in [5.74, 6) is 0. The lowest BCUT2D eigenvalue weighted by atomic mass is 10.1. The van der Waals surface area contributed by atoms with E-state index in [1.165, 1.54) is 0 Å². The van der Waals surface area contributed by atoms with Crippen LogP contribution in [-0.2, 0) is 0 Å². The molecule has 0 aliphatic carbocycles. The van der Waals surface area contributed by atoms with Gasteiger partial charge in [0.05, 0.1) is 33.5 Å². The van der Waals surface area contributed by atoms with Crippen LogP contribution in [0.25, 0.3) is 26.5 Å². The van der Waals surface area contributed by atoms with E-state index in [0.717, 1.165) is 37.9 Å². The summed E-state index contributed by atoms with van der Waals surface area (Å²) in [6, 6.07) is 11.6. The largest absolute Gasteiger partial charge is 0.398 e. The zero-order valence-electron chi connectivity index (χ0n) is 13.2. The summed E-state index contributed by atoms with van der Waals surface area (Å²) in [6.07, 6.45) is 1.83. The molecule has 4 nitrogen and oxygen atoms in total. The number of imidazole rings is 1. The van der Waals surface area contributed by atoms with E-state index in [-0.39, 0.29) is 0 Å². The summed E-state index contributed by atoms with van der Waals surface area (Å²) in [4.78, 5) is 9.15. The third-order valence-electron chi connectivity index (χ3n) is 4.15. The van der Waals surface area contributed by atoms with Crippen molar-refractivity contribution in [2.45, 2.75) is 13.8 Å². The summed E-state index contributed by atoms with van der Waals surface area (Å²) < 4.78 is 3.10. The number of aryl methyl sites for hydroxylation is 1. The van der Waals surface area contributed by atoms with E-state index in [1.807, 2.05) is 56.6 Å². The van der Waals surface area contributed by atoms with Gasteiger partial charge < -0.3 is 10.3 Å². The predicted molar refractivity (Wildman–Crippen MR) is 101 cm³/mol. The molecule has 0 spiro atoms. The molecule has 2 N–H and O–H groups in total. The van der Waals surface area contributed by atoms with E-state index in [2.05, 4.69) is 9.55 Å². The quantitative estimate of drug-likeness (QED) is 0.515. The molecule has 4 rings (SSSR count). The van der Waals surface area contributed by atoms with E-state index < -0.39 is 0 Å². The van der Waals surface area contributed by atoms with E-state index in [4.69, 9.17) is 22.3 Å². The number of hydrogen-bond acceptors (Lipinski definition) is 4. The number of nitrogens with zero attached hydrogens (tertiary/aromatic N) is 3. The average Bonchev–Trinajstić information content (AvgIpc) is 3.10. The number of rotatable bonds is 2. The van der Waals surface area contributed by atoms with E-state index in [0.29, 0.717) is 10.7 Å². The van der Waals surface area contributed by atoms with Crippen molar-refractivity contribution in [1.82, 2.24) is 14.5 Å². The second-order valence-electron chi connectivity index (χ2n) is 5.66. The van der Waals surface area contributed by atoms with Crippen molar-refractivity contribution in [3.05, 3.63) is 59.1 Å². The fourth-order valence-corrected chi connectivity index (χ4v) is 4.06. The number of anilines is 1. The van der Waals surface area contributed by atoms with Crippen LogP contribution in [0.5, 0.6) is 0 Å². The molecule has 0 saturated heterocycles. The molecule has 0 fully saturated rings. The highest BCUT2D eigenvalue weighted by Gasteiger charge is 2.17. The maximum Gasteiger partial charge on any atom is 0.128 e. The maximum absolute atomic E-state index is 6.31. The Balaban J connectivity index is 1.98. The topological polar surface area (TPSA) is 56.7 Å². The minimum absolute atomic E-state index is 0.698. The molecule has 24 heavy (non-hydrogen) atoms. The highest BCUT2D eigenvalue weighted by atomic mass is 35.5. The van der Waals surface area contributed by atoms with Crippen LogP contribution in [0.3, 0.4) is 0 Å². The molecule has 4 aromatic rings. The van der Waals surface area contributed by atoms with Crippen molar-refractivity contribution in [2.75, 3.05) is 5.73 Å². The Morgan fingerprint density at radius 3 is 2.75 bits per heavy atom. The monoisotopic (exact) mass is 354 g/mol. The number of hydrogen-bond donors (Lipinski definition) is 1. The molecule has 0 amide bonds. The molecule has 120 valence electrons. The highest BCUT2D eigenvalue weighted by Crippen LogP contribution is 2.38. The predicted octanol–water partition coefficient (Wildman–Crippen LogP) is 5.00. The molecule has 0 aliphatic heterocycles. The first-order valence-corrected chi connectivity index (χ1v) is 8.70. The van der Waals surface area contributed by atoms with Gasteiger partial charge in [-0.25, -0.2) is 9.97 Å². The van der Waals surface area contributed by atoms with Crippen molar-refractivity contribution in [3.8, 4) is 16.3 Å². The zero-order chi connectivity index (χ0) is 16.8. The Labute approximate surface area is 148 Å². The molecule has 0 saturated carbocycles. The normalized spacial score (nSPS) is 11.3. The van der Waals surface area contributed by atoms with Gasteiger partial charge in [0, 0.05) is 16.4 Å². The van der Waals surface area contributed by atoms with Crippen LogP contribution in [0.1, 0.15) is 11.4 Å². The minimum Gasteiger partial charge on any atom is -0.398 e. The fraction of sp³-hybridized carbons (Fsp3) is 0.111. The fourth-order valence-electron chi connectivity index (χ4n) is 2.74. The molecule has 0 atom stereocenters. The van der Waals surface area contributed by atoms with Crippen LogP contribution in [0.15, 0.2) is 42.7 Å². The summed E-state index contributed by atoms with van der Waals surface area (Å²) in [5.41, 5.74) is 11.9. The molecule has 6 heteroatoms. The first-order valence-electron chi connectivity index (χ1n) is 7.50. The molecular weight excluding hydrogens is 340 g/mol. The van der Waals surface area contributed by atoms with Crippen LogP contribution in [0.2, 0.25) is 5.02 Å². The van der Waals surface area contributed by atoms with Gasteiger partial charge in [0.1, 0.15) is 5.01 Å². The first kappa shape index (κ1) is 15.2. The van der Waals surface area contributed by atoms with Crippen molar-refractivity contribution in [2.24, 2.45) is 0 Å². The highest BCUT2D eigenvalue weighted by molar-refractivity contribution is 7.21. The lowest BCUT2D eigenvalue weighted by molar-refractivity contribution is 1.00. The summed E-state index contributed by atoms with van der Waals surface area (Å²) in [5, 5.41) is 1.59. The Kier molecular flexibility index (Phi) is 3.55. The van der Waals surface area contributed by atoms with E-state index in [1.54, 1.807) is 11.3 Å². The molecular formula is C18H15ClN4S. The van der Waals surface area contributed by atoms with Crippen molar-refractivity contribution < 1.29 is 0 Å². The summed E-state index contributed by atoms with van der Waals surface area (Å²) in [6.45, 7) is 4.05. The lowest BCUT2D eigenvalue weighted by Crippen LogP contribution is -2.01. The zero-order valence-corrected chi connectivity index (χ0v) is 14.8. The average molecular weight is 355 g/mol. The van der Waals surface area contributed by atoms with Crippen LogP contribution in [0.4, 0.5) is 5.69 Å². The summed E-state index contributed by atoms with van der Waals surface area (Å²) in [7, 11) is 0. The van der Waals surface area contributed by atoms with Crippen molar-refractivity contribution in [1.29, 1.82) is 0 Å². The van der Waals surface area contributed by atoms with Crippen LogP contribution >= 0.6 is 22.9 Å². The van der Waals surface area contributed by atoms with Crippen LogP contribution in [-0.4, -0.2) is 14.5 Å². The minimum atomic E-state index is 0.698. The molecule has 0 radical (unpaired) electrons. The Hall–Kier alpha value is -2.37. The molecule has 2 aromatic heterocycles. The number of fused-ring (bicyclic) bond motifs is 1. The van der Waals surface area contributed by atoms with E-state index in [9.17, 15) is 0 Å². The summed E-state index contributed by atoms with van der Waals surface area (Å²) >= 11 is 7.69. The SMILES string of the molecule is Cc1ncn(-c2cccc(N)c2-c2nc3ccc(Cl)cc3s2)c1C. The molecule has 0 aliphatic rings. The van der Waals surface area contributed by atoms with Gasteiger partial charge in [0.25, 0.3) is 0 Å². The smallest absolute Gasteiger partial charge is 0.128 e. The Bertz CT molecular complexity index is 1060.